The van der Waals surface area contributed by atoms with E-state index < -0.39 is 0 Å². The lowest BCUT2D eigenvalue weighted by molar-refractivity contribution is 0.0155. The molecular weight excluding hydrogens is 258 g/mol. The van der Waals surface area contributed by atoms with Gasteiger partial charge in [0, 0.05) is 13.1 Å². The molecule has 20 heavy (non-hydrogen) atoms. The van der Waals surface area contributed by atoms with E-state index in [0.717, 1.165) is 37.0 Å². The number of hydrogen-bond acceptors (Lipinski definition) is 6. The minimum Gasteiger partial charge on any atom is -0.423 e. The van der Waals surface area contributed by atoms with Crippen LogP contribution in [-0.2, 0) is 4.74 Å². The van der Waals surface area contributed by atoms with Crippen LogP contribution in [0.5, 0.6) is 0 Å². The topological polar surface area (TPSA) is 84.8 Å². The van der Waals surface area contributed by atoms with Crippen LogP contribution in [0, 0.1) is 0 Å². The number of para-hydroxylation sites is 1. The van der Waals surface area contributed by atoms with Crippen molar-refractivity contribution >= 4 is 22.8 Å². The zero-order valence-corrected chi connectivity index (χ0v) is 11.3. The third-order valence-electron chi connectivity index (χ3n) is 3.60. The molecule has 1 aromatic carbocycles. The van der Waals surface area contributed by atoms with Crippen LogP contribution in [0.2, 0.25) is 0 Å². The van der Waals surface area contributed by atoms with E-state index in [2.05, 4.69) is 9.88 Å². The monoisotopic (exact) mass is 277 g/mol. The first kappa shape index (κ1) is 13.2. The van der Waals surface area contributed by atoms with Gasteiger partial charge < -0.3 is 24.9 Å². The van der Waals surface area contributed by atoms with E-state index in [4.69, 9.17) is 20.0 Å². The molecule has 0 amide bonds. The molecule has 3 rings (SSSR count). The number of hydrogen-bond donors (Lipinski definition) is 2. The summed E-state index contributed by atoms with van der Waals surface area (Å²) in [5, 5.41) is 8.76. The van der Waals surface area contributed by atoms with E-state index in [0.29, 0.717) is 18.3 Å². The van der Waals surface area contributed by atoms with Crippen LogP contribution in [0.25, 0.3) is 11.1 Å². The van der Waals surface area contributed by atoms with Crippen molar-refractivity contribution in [3.8, 4) is 0 Å². The number of aliphatic hydroxyl groups excluding tert-OH is 1. The van der Waals surface area contributed by atoms with Crippen molar-refractivity contribution in [1.82, 2.24) is 4.98 Å². The molecule has 108 valence electrons. The predicted molar refractivity (Wildman–Crippen MR) is 76.7 cm³/mol. The third kappa shape index (κ3) is 2.57. The Bertz CT molecular complexity index is 576. The fourth-order valence-corrected chi connectivity index (χ4v) is 2.53. The Balaban J connectivity index is 1.69. The van der Waals surface area contributed by atoms with Crippen LogP contribution < -0.4 is 10.6 Å². The molecule has 2 heterocycles. The second kappa shape index (κ2) is 5.68. The maximum absolute atomic E-state index is 8.76. The van der Waals surface area contributed by atoms with Gasteiger partial charge in [-0.25, -0.2) is 0 Å². The van der Waals surface area contributed by atoms with Crippen molar-refractivity contribution in [3.05, 3.63) is 18.2 Å². The molecule has 1 saturated heterocycles. The van der Waals surface area contributed by atoms with Crippen LogP contribution in [0.4, 0.5) is 11.7 Å². The highest BCUT2D eigenvalue weighted by Gasteiger charge is 2.23. The van der Waals surface area contributed by atoms with Crippen LogP contribution in [0.3, 0.4) is 0 Å². The highest BCUT2D eigenvalue weighted by molar-refractivity contribution is 5.86. The predicted octanol–water partition coefficient (Wildman–Crippen LogP) is 1.39. The van der Waals surface area contributed by atoms with Gasteiger partial charge in [0.1, 0.15) is 5.52 Å². The molecule has 1 aliphatic rings. The number of nitrogens with zero attached hydrogens (tertiary/aromatic N) is 2. The molecule has 0 unspecified atom stereocenters. The van der Waals surface area contributed by atoms with Gasteiger partial charge in [0.25, 0.3) is 6.01 Å². The lowest BCUT2D eigenvalue weighted by Crippen LogP contribution is -2.37. The Morgan fingerprint density at radius 1 is 1.40 bits per heavy atom. The van der Waals surface area contributed by atoms with Crippen LogP contribution in [-0.4, -0.2) is 42.5 Å². The number of aliphatic hydroxyl groups is 1. The van der Waals surface area contributed by atoms with Crippen molar-refractivity contribution in [2.24, 2.45) is 0 Å². The third-order valence-corrected chi connectivity index (χ3v) is 3.60. The highest BCUT2D eigenvalue weighted by Crippen LogP contribution is 2.27. The number of nitrogens with two attached hydrogens (primary N) is 1. The van der Waals surface area contributed by atoms with Gasteiger partial charge in [0.2, 0.25) is 0 Å². The fraction of sp³-hybridized carbons (Fsp3) is 0.500. The maximum atomic E-state index is 8.76. The van der Waals surface area contributed by atoms with E-state index in [9.17, 15) is 0 Å². The quantitative estimate of drug-likeness (QED) is 0.821. The molecule has 3 N–H and O–H groups in total. The molecule has 0 bridgehead atoms. The summed E-state index contributed by atoms with van der Waals surface area (Å²) in [4.78, 5) is 6.59. The number of fused-ring (bicyclic) bond motifs is 1. The molecule has 0 atom stereocenters. The largest absolute Gasteiger partial charge is 0.423 e. The lowest BCUT2D eigenvalue weighted by atomic mass is 10.1. The first-order valence-corrected chi connectivity index (χ1v) is 6.90. The number of nitrogen functional groups attached to an aromatic ring is 1. The van der Waals surface area contributed by atoms with Gasteiger partial charge in [-0.2, -0.15) is 4.98 Å². The second-order valence-corrected chi connectivity index (χ2v) is 4.97. The molecule has 0 radical (unpaired) electrons. The first-order chi connectivity index (χ1) is 9.78. The standard InChI is InChI=1S/C14H19N3O3/c15-11-2-1-3-12-13(11)16-14(20-12)17-6-4-10(5-7-17)19-9-8-18/h1-3,10,18H,4-9,15H2. The molecular formula is C14H19N3O3. The summed E-state index contributed by atoms with van der Waals surface area (Å²) in [6.07, 6.45) is 2.04. The first-order valence-electron chi connectivity index (χ1n) is 6.90. The van der Waals surface area contributed by atoms with Gasteiger partial charge in [-0.1, -0.05) is 6.07 Å². The minimum absolute atomic E-state index is 0.0740. The Morgan fingerprint density at radius 3 is 2.90 bits per heavy atom. The SMILES string of the molecule is Nc1cccc2oc(N3CCC(OCCO)CC3)nc12. The zero-order chi connectivity index (χ0) is 13.9. The van der Waals surface area contributed by atoms with Crippen LogP contribution in [0.15, 0.2) is 22.6 Å². The van der Waals surface area contributed by atoms with Crippen molar-refractivity contribution in [3.63, 3.8) is 0 Å². The number of benzene rings is 1. The highest BCUT2D eigenvalue weighted by atomic mass is 16.5. The number of piperidine rings is 1. The van der Waals surface area contributed by atoms with E-state index >= 15 is 0 Å². The van der Waals surface area contributed by atoms with E-state index in [1.807, 2.05) is 18.2 Å². The van der Waals surface area contributed by atoms with Gasteiger partial charge in [0.05, 0.1) is 25.0 Å². The molecule has 0 saturated carbocycles. The summed E-state index contributed by atoms with van der Waals surface area (Å²) in [6, 6.07) is 6.18. The van der Waals surface area contributed by atoms with E-state index in [1.165, 1.54) is 0 Å². The number of ether oxygens (including phenoxy) is 1. The van der Waals surface area contributed by atoms with Gasteiger partial charge in [-0.3, -0.25) is 0 Å². The molecule has 1 aliphatic heterocycles. The van der Waals surface area contributed by atoms with Gasteiger partial charge in [-0.15, -0.1) is 0 Å². The minimum atomic E-state index is 0.0740. The second-order valence-electron chi connectivity index (χ2n) is 4.97. The average molecular weight is 277 g/mol. The molecule has 6 nitrogen and oxygen atoms in total. The lowest BCUT2D eigenvalue weighted by Gasteiger charge is -2.30. The number of rotatable bonds is 4. The zero-order valence-electron chi connectivity index (χ0n) is 11.3. The number of oxazole rings is 1. The number of anilines is 2. The van der Waals surface area contributed by atoms with Crippen molar-refractivity contribution < 1.29 is 14.3 Å². The summed E-state index contributed by atoms with van der Waals surface area (Å²) >= 11 is 0. The molecule has 1 aromatic heterocycles. The van der Waals surface area contributed by atoms with Crippen LogP contribution in [0.1, 0.15) is 12.8 Å². The summed E-state index contributed by atoms with van der Waals surface area (Å²) in [7, 11) is 0. The molecule has 2 aromatic rings. The molecule has 1 fully saturated rings. The van der Waals surface area contributed by atoms with Crippen molar-refractivity contribution in [1.29, 1.82) is 0 Å². The molecule has 6 heteroatoms. The average Bonchev–Trinajstić information content (AvgIpc) is 2.91. The van der Waals surface area contributed by atoms with E-state index in [1.54, 1.807) is 0 Å². The van der Waals surface area contributed by atoms with Gasteiger partial charge >= 0.3 is 0 Å². The van der Waals surface area contributed by atoms with Crippen molar-refractivity contribution in [2.75, 3.05) is 36.9 Å². The Kier molecular flexibility index (Phi) is 3.75. The molecule has 0 aliphatic carbocycles. The summed E-state index contributed by atoms with van der Waals surface area (Å²) in [6.45, 7) is 2.15. The van der Waals surface area contributed by atoms with Crippen LogP contribution >= 0.6 is 0 Å². The maximum Gasteiger partial charge on any atom is 0.298 e. The summed E-state index contributed by atoms with van der Waals surface area (Å²) in [5.74, 6) is 0. The number of aromatic nitrogens is 1. The smallest absolute Gasteiger partial charge is 0.298 e. The Morgan fingerprint density at radius 2 is 2.20 bits per heavy atom. The Hall–Kier alpha value is -1.79. The summed E-state index contributed by atoms with van der Waals surface area (Å²) < 4.78 is 11.3. The normalized spacial score (nSPS) is 16.9. The molecule has 0 spiro atoms. The Labute approximate surface area is 117 Å². The van der Waals surface area contributed by atoms with E-state index in [-0.39, 0.29) is 12.7 Å². The summed E-state index contributed by atoms with van der Waals surface area (Å²) in [5.41, 5.74) is 7.97. The fourth-order valence-electron chi connectivity index (χ4n) is 2.53. The van der Waals surface area contributed by atoms with Crippen molar-refractivity contribution in [2.45, 2.75) is 18.9 Å². The van der Waals surface area contributed by atoms with Gasteiger partial charge in [-0.05, 0) is 25.0 Å². The van der Waals surface area contributed by atoms with Gasteiger partial charge in [0.15, 0.2) is 5.58 Å².